The second-order valence-corrected chi connectivity index (χ2v) is 9.46. The van der Waals surface area contributed by atoms with Gasteiger partial charge in [-0.2, -0.15) is 0 Å². The zero-order valence-electron chi connectivity index (χ0n) is 20.9. The average molecular weight is 666 g/mol. The van der Waals surface area contributed by atoms with Crippen molar-refractivity contribution in [1.82, 2.24) is 15.1 Å². The van der Waals surface area contributed by atoms with Crippen LogP contribution < -0.4 is 10.6 Å². The topological polar surface area (TPSA) is 234 Å². The molecular weight excluding hydrogens is 635 g/mol. The van der Waals surface area contributed by atoms with Crippen molar-refractivity contribution in [2.45, 2.75) is 31.5 Å². The van der Waals surface area contributed by atoms with Gasteiger partial charge < -0.3 is 30.8 Å². The number of halogens is 1. The van der Waals surface area contributed by atoms with Crippen LogP contribution in [0.3, 0.4) is 0 Å². The fraction of sp³-hybridized carbons (Fsp3) is 0.478. The van der Waals surface area contributed by atoms with Crippen LogP contribution in [-0.4, -0.2) is 126 Å². The Morgan fingerprint density at radius 1 is 0.821 bits per heavy atom. The molecule has 2 atom stereocenters. The highest BCUT2D eigenvalue weighted by Gasteiger charge is 2.30. The number of nitrogens with zero attached hydrogens (tertiary/aromatic N) is 2. The molecule has 216 valence electrons. The highest BCUT2D eigenvalue weighted by Crippen LogP contribution is 2.16. The summed E-state index contributed by atoms with van der Waals surface area (Å²) in [7, 11) is 0. The Morgan fingerprint density at radius 2 is 1.33 bits per heavy atom. The van der Waals surface area contributed by atoms with Gasteiger partial charge in [0.25, 0.3) is 0 Å². The van der Waals surface area contributed by atoms with E-state index in [1.54, 1.807) is 24.3 Å². The molecule has 0 saturated carbocycles. The van der Waals surface area contributed by atoms with E-state index in [0.717, 1.165) is 0 Å². The molecule has 0 fully saturated rings. The van der Waals surface area contributed by atoms with Crippen LogP contribution in [0.25, 0.3) is 0 Å². The fourth-order valence-electron chi connectivity index (χ4n) is 3.83. The van der Waals surface area contributed by atoms with Crippen LogP contribution in [0.2, 0.25) is 0 Å². The first kappa shape index (κ1) is 33.7. The predicted molar refractivity (Wildman–Crippen MR) is 144 cm³/mol. The lowest BCUT2D eigenvalue weighted by atomic mass is 10.0. The zero-order valence-corrected chi connectivity index (χ0v) is 23.1. The van der Waals surface area contributed by atoms with Crippen molar-refractivity contribution in [1.29, 1.82) is 0 Å². The molecule has 15 nitrogen and oxygen atoms in total. The van der Waals surface area contributed by atoms with E-state index in [0.29, 0.717) is 11.3 Å². The van der Waals surface area contributed by atoms with Gasteiger partial charge in [0.05, 0.1) is 24.1 Å². The number of rotatable bonds is 19. The molecule has 0 saturated heterocycles. The molecule has 1 aromatic carbocycles. The maximum atomic E-state index is 11.6. The monoisotopic (exact) mass is 666 g/mol. The van der Waals surface area contributed by atoms with Crippen molar-refractivity contribution in [2.75, 3.05) is 42.5 Å². The molecule has 0 aromatic heterocycles. The number of carbonyl (C=O) groups excluding carboxylic acids is 1. The minimum absolute atomic E-state index is 0.103. The molecule has 7 N–H and O–H groups in total. The van der Waals surface area contributed by atoms with E-state index in [1.165, 1.54) is 16.7 Å². The molecule has 2 unspecified atom stereocenters. The van der Waals surface area contributed by atoms with Gasteiger partial charge in [0.2, 0.25) is 11.9 Å². The molecule has 39 heavy (non-hydrogen) atoms. The average Bonchev–Trinajstić information content (AvgIpc) is 2.81. The molecule has 0 heterocycles. The molecule has 0 bridgehead atoms. The second kappa shape index (κ2) is 16.6. The minimum Gasteiger partial charge on any atom is -0.480 e. The molecule has 1 amide bonds. The number of benzene rings is 1. The smallest absolute Gasteiger partial charge is 0.332 e. The third-order valence-electron chi connectivity index (χ3n) is 5.33. The van der Waals surface area contributed by atoms with Crippen molar-refractivity contribution >= 4 is 64.0 Å². The standard InChI is InChI=1S/C23H31IN4O11/c1-13(25-21(22(36)37)23(38)39)8-27(10-18(30)31)9-16(28(11-19(32)33)12-20(34)35)6-14-2-4-15(5-3-14)26-17(29)7-24/h2-5,13,16,21,25H,6-12H2,1H3,(H,26,29)(H,30,31)(H,32,33)(H,34,35)(H,36,37)(H,38,39). The van der Waals surface area contributed by atoms with Gasteiger partial charge >= 0.3 is 29.8 Å². The van der Waals surface area contributed by atoms with Gasteiger partial charge in [0.1, 0.15) is 0 Å². The number of hydrogen-bond acceptors (Lipinski definition) is 9. The van der Waals surface area contributed by atoms with Crippen molar-refractivity contribution in [3.8, 4) is 0 Å². The first-order valence-electron chi connectivity index (χ1n) is 11.5. The van der Waals surface area contributed by atoms with E-state index in [1.807, 2.05) is 22.6 Å². The van der Waals surface area contributed by atoms with Gasteiger partial charge in [-0.1, -0.05) is 34.7 Å². The number of nitrogens with one attached hydrogen (secondary N) is 2. The molecule has 0 radical (unpaired) electrons. The van der Waals surface area contributed by atoms with Crippen LogP contribution in [0, 0.1) is 0 Å². The minimum atomic E-state index is -1.94. The Bertz CT molecular complexity index is 1010. The first-order chi connectivity index (χ1) is 18.2. The van der Waals surface area contributed by atoms with Crippen LogP contribution >= 0.6 is 22.6 Å². The quantitative estimate of drug-likeness (QED) is 0.0552. The van der Waals surface area contributed by atoms with E-state index in [2.05, 4.69) is 10.6 Å². The Kier molecular flexibility index (Phi) is 14.3. The van der Waals surface area contributed by atoms with E-state index >= 15 is 0 Å². The van der Waals surface area contributed by atoms with Gasteiger partial charge in [-0.25, -0.2) is 9.59 Å². The Balaban J connectivity index is 3.26. The highest BCUT2D eigenvalue weighted by molar-refractivity contribution is 14.1. The van der Waals surface area contributed by atoms with Crippen LogP contribution in [0.5, 0.6) is 0 Å². The first-order valence-corrected chi connectivity index (χ1v) is 13.0. The van der Waals surface area contributed by atoms with Gasteiger partial charge in [0, 0.05) is 30.9 Å². The SMILES string of the molecule is CC(CN(CC(=O)O)CC(Cc1ccc(NC(=O)CI)cc1)N(CC(=O)O)CC(=O)O)NC(C(=O)O)C(=O)O. The summed E-state index contributed by atoms with van der Waals surface area (Å²) in [6.45, 7) is -0.711. The van der Waals surface area contributed by atoms with E-state index < -0.39 is 67.6 Å². The predicted octanol–water partition coefficient (Wildman–Crippen LogP) is -0.655. The number of anilines is 1. The molecule has 0 aliphatic rings. The molecule has 0 spiro atoms. The number of carboxylic acid groups (broad SMARTS) is 5. The normalized spacial score (nSPS) is 12.7. The van der Waals surface area contributed by atoms with Crippen molar-refractivity contribution in [2.24, 2.45) is 0 Å². The third kappa shape index (κ3) is 13.3. The van der Waals surface area contributed by atoms with E-state index in [9.17, 15) is 44.1 Å². The summed E-state index contributed by atoms with van der Waals surface area (Å²) in [6.07, 6.45) is 0.103. The zero-order chi connectivity index (χ0) is 29.7. The van der Waals surface area contributed by atoms with Gasteiger partial charge in [-0.15, -0.1) is 0 Å². The molecule has 16 heteroatoms. The number of carboxylic acids is 5. The summed E-state index contributed by atoms with van der Waals surface area (Å²) >= 11 is 1.91. The number of aliphatic carboxylic acids is 5. The van der Waals surface area contributed by atoms with Gasteiger partial charge in [-0.05, 0) is 31.0 Å². The van der Waals surface area contributed by atoms with Crippen molar-refractivity contribution < 1.29 is 54.3 Å². The highest BCUT2D eigenvalue weighted by atomic mass is 127. The Labute approximate surface area is 236 Å². The van der Waals surface area contributed by atoms with Crippen LogP contribution in [0.15, 0.2) is 24.3 Å². The largest absolute Gasteiger partial charge is 0.480 e. The number of hydrogen-bond donors (Lipinski definition) is 7. The number of alkyl halides is 1. The number of amides is 1. The molecule has 0 aliphatic heterocycles. The van der Waals surface area contributed by atoms with Gasteiger partial charge in [-0.3, -0.25) is 34.3 Å². The second-order valence-electron chi connectivity index (χ2n) is 8.69. The summed E-state index contributed by atoms with van der Waals surface area (Å²) in [5, 5.41) is 51.5. The summed E-state index contributed by atoms with van der Waals surface area (Å²) in [5.74, 6) is -7.34. The lowest BCUT2D eigenvalue weighted by Gasteiger charge is -2.35. The molecule has 1 aromatic rings. The molecule has 0 aliphatic carbocycles. The van der Waals surface area contributed by atoms with Crippen LogP contribution in [0.1, 0.15) is 12.5 Å². The van der Waals surface area contributed by atoms with Crippen molar-refractivity contribution in [3.05, 3.63) is 29.8 Å². The Morgan fingerprint density at radius 3 is 1.77 bits per heavy atom. The number of carbonyl (C=O) groups is 6. The maximum absolute atomic E-state index is 11.6. The Hall–Kier alpha value is -3.35. The maximum Gasteiger partial charge on any atom is 0.332 e. The lowest BCUT2D eigenvalue weighted by molar-refractivity contribution is -0.152. The van der Waals surface area contributed by atoms with Crippen molar-refractivity contribution in [3.63, 3.8) is 0 Å². The van der Waals surface area contributed by atoms with Gasteiger partial charge in [0.15, 0.2) is 0 Å². The summed E-state index contributed by atoms with van der Waals surface area (Å²) < 4.78 is 0.243. The molecular formula is C23H31IN4O11. The van der Waals surface area contributed by atoms with Crippen LogP contribution in [-0.2, 0) is 35.2 Å². The van der Waals surface area contributed by atoms with Crippen LogP contribution in [0.4, 0.5) is 5.69 Å². The fourth-order valence-corrected chi connectivity index (χ4v) is 4.02. The van der Waals surface area contributed by atoms with E-state index in [-0.39, 0.29) is 29.8 Å². The summed E-state index contributed by atoms with van der Waals surface area (Å²) in [4.78, 5) is 71.2. The third-order valence-corrected chi connectivity index (χ3v) is 6.02. The summed E-state index contributed by atoms with van der Waals surface area (Å²) in [6, 6.07) is 2.97. The summed E-state index contributed by atoms with van der Waals surface area (Å²) in [5.41, 5.74) is 1.16. The molecule has 1 rings (SSSR count). The lowest BCUT2D eigenvalue weighted by Crippen LogP contribution is -2.54. The van der Waals surface area contributed by atoms with E-state index in [4.69, 9.17) is 10.2 Å².